The van der Waals surface area contributed by atoms with Gasteiger partial charge in [-0.3, -0.25) is 0 Å². The Morgan fingerprint density at radius 1 is 1.44 bits per heavy atom. The summed E-state index contributed by atoms with van der Waals surface area (Å²) in [4.78, 5) is 11.7. The molecule has 0 spiro atoms. The minimum Gasteiger partial charge on any atom is -0.335 e. The Morgan fingerprint density at radius 3 is 2.78 bits per heavy atom. The molecule has 1 saturated heterocycles. The summed E-state index contributed by atoms with van der Waals surface area (Å²) >= 11 is 0. The number of rotatable bonds is 3. The lowest BCUT2D eigenvalue weighted by Gasteiger charge is -2.20. The fraction of sp³-hybridized carbons (Fsp3) is 0.462. The maximum Gasteiger partial charge on any atom is 0.319 e. The van der Waals surface area contributed by atoms with Gasteiger partial charge in [-0.25, -0.2) is 9.18 Å². The predicted molar refractivity (Wildman–Crippen MR) is 69.0 cm³/mol. The zero-order valence-electron chi connectivity index (χ0n) is 10.4. The van der Waals surface area contributed by atoms with Crippen molar-refractivity contribution in [3.05, 3.63) is 30.1 Å². The molecule has 18 heavy (non-hydrogen) atoms. The molecule has 1 aliphatic rings. The molecule has 2 amide bonds. The highest BCUT2D eigenvalue weighted by atomic mass is 19.1. The summed E-state index contributed by atoms with van der Waals surface area (Å²) in [7, 11) is 0. The zero-order chi connectivity index (χ0) is 13.0. The maximum atomic E-state index is 12.7. The van der Waals surface area contributed by atoms with Crippen LogP contribution in [0.1, 0.15) is 13.3 Å². The Hall–Kier alpha value is -1.62. The number of anilines is 1. The minimum atomic E-state index is -0.314. The molecular weight excluding hydrogens is 233 g/mol. The summed E-state index contributed by atoms with van der Waals surface area (Å²) in [5.41, 5.74) is 0.589. The van der Waals surface area contributed by atoms with E-state index < -0.39 is 0 Å². The van der Waals surface area contributed by atoms with Crippen LogP contribution >= 0.6 is 0 Å². The molecule has 1 aromatic carbocycles. The molecule has 2 unspecified atom stereocenters. The van der Waals surface area contributed by atoms with Crippen molar-refractivity contribution in [1.82, 2.24) is 10.6 Å². The quantitative estimate of drug-likeness (QED) is 0.769. The third-order valence-electron chi connectivity index (χ3n) is 3.27. The summed E-state index contributed by atoms with van der Waals surface area (Å²) in [5, 5.41) is 8.86. The van der Waals surface area contributed by atoms with Gasteiger partial charge in [0.1, 0.15) is 5.82 Å². The molecule has 0 saturated carbocycles. The van der Waals surface area contributed by atoms with Gasteiger partial charge in [-0.2, -0.15) is 0 Å². The number of hydrogen-bond acceptors (Lipinski definition) is 2. The molecule has 0 aromatic heterocycles. The van der Waals surface area contributed by atoms with Crippen molar-refractivity contribution in [3.63, 3.8) is 0 Å². The molecule has 0 radical (unpaired) electrons. The van der Waals surface area contributed by atoms with Crippen LogP contribution in [0.2, 0.25) is 0 Å². The molecule has 0 bridgehead atoms. The van der Waals surface area contributed by atoms with Gasteiger partial charge in [0, 0.05) is 11.7 Å². The number of urea groups is 1. The molecule has 1 heterocycles. The van der Waals surface area contributed by atoms with Crippen LogP contribution in [0.4, 0.5) is 14.9 Å². The van der Waals surface area contributed by atoms with Gasteiger partial charge >= 0.3 is 6.03 Å². The van der Waals surface area contributed by atoms with Crippen molar-refractivity contribution in [3.8, 4) is 0 Å². The highest BCUT2D eigenvalue weighted by Crippen LogP contribution is 2.13. The van der Waals surface area contributed by atoms with E-state index >= 15 is 0 Å². The van der Waals surface area contributed by atoms with Crippen LogP contribution in [0, 0.1) is 11.7 Å². The van der Waals surface area contributed by atoms with E-state index in [1.807, 2.05) is 6.92 Å². The lowest BCUT2D eigenvalue weighted by Crippen LogP contribution is -2.41. The SMILES string of the molecule is CC(NC(=O)Nc1ccc(F)cc1)C1CCNC1. The summed E-state index contributed by atoms with van der Waals surface area (Å²) < 4.78 is 12.7. The van der Waals surface area contributed by atoms with Crippen molar-refractivity contribution in [1.29, 1.82) is 0 Å². The Morgan fingerprint density at radius 2 is 2.17 bits per heavy atom. The number of benzene rings is 1. The van der Waals surface area contributed by atoms with E-state index in [4.69, 9.17) is 0 Å². The van der Waals surface area contributed by atoms with E-state index in [2.05, 4.69) is 16.0 Å². The van der Waals surface area contributed by atoms with Crippen LogP contribution < -0.4 is 16.0 Å². The monoisotopic (exact) mass is 251 g/mol. The average Bonchev–Trinajstić information content (AvgIpc) is 2.85. The fourth-order valence-electron chi connectivity index (χ4n) is 2.13. The van der Waals surface area contributed by atoms with Crippen LogP contribution in [0.15, 0.2) is 24.3 Å². The molecule has 2 rings (SSSR count). The molecular formula is C13H18FN3O. The molecule has 1 aromatic rings. The Labute approximate surface area is 106 Å². The minimum absolute atomic E-state index is 0.125. The summed E-state index contributed by atoms with van der Waals surface area (Å²) in [5.74, 6) is 0.162. The predicted octanol–water partition coefficient (Wildman–Crippen LogP) is 1.95. The number of nitrogens with one attached hydrogen (secondary N) is 3. The third kappa shape index (κ3) is 3.43. The zero-order valence-corrected chi connectivity index (χ0v) is 10.4. The topological polar surface area (TPSA) is 53.2 Å². The first kappa shape index (κ1) is 12.8. The first-order valence-corrected chi connectivity index (χ1v) is 6.19. The van der Waals surface area contributed by atoms with Crippen LogP contribution in [-0.4, -0.2) is 25.2 Å². The van der Waals surface area contributed by atoms with Gasteiger partial charge in [0.15, 0.2) is 0 Å². The molecule has 98 valence electrons. The van der Waals surface area contributed by atoms with E-state index in [1.54, 1.807) is 0 Å². The highest BCUT2D eigenvalue weighted by molar-refractivity contribution is 5.89. The van der Waals surface area contributed by atoms with E-state index in [0.717, 1.165) is 19.5 Å². The molecule has 5 heteroatoms. The van der Waals surface area contributed by atoms with E-state index in [0.29, 0.717) is 11.6 Å². The van der Waals surface area contributed by atoms with E-state index in [1.165, 1.54) is 24.3 Å². The molecule has 1 fully saturated rings. The van der Waals surface area contributed by atoms with Crippen molar-refractivity contribution in [2.75, 3.05) is 18.4 Å². The second-order valence-corrected chi connectivity index (χ2v) is 4.65. The van der Waals surface area contributed by atoms with Crippen LogP contribution in [0.5, 0.6) is 0 Å². The van der Waals surface area contributed by atoms with Gasteiger partial charge in [-0.15, -0.1) is 0 Å². The average molecular weight is 251 g/mol. The summed E-state index contributed by atoms with van der Waals surface area (Å²) in [6.07, 6.45) is 1.08. The van der Waals surface area contributed by atoms with Crippen LogP contribution in [0.3, 0.4) is 0 Å². The van der Waals surface area contributed by atoms with Crippen molar-refractivity contribution >= 4 is 11.7 Å². The van der Waals surface area contributed by atoms with Crippen LogP contribution in [-0.2, 0) is 0 Å². The molecule has 2 atom stereocenters. The summed E-state index contributed by atoms with van der Waals surface area (Å²) in [6.45, 7) is 3.95. The second kappa shape index (κ2) is 5.82. The fourth-order valence-corrected chi connectivity index (χ4v) is 2.13. The lowest BCUT2D eigenvalue weighted by molar-refractivity contribution is 0.245. The Balaban J connectivity index is 1.82. The van der Waals surface area contributed by atoms with Gasteiger partial charge in [0.2, 0.25) is 0 Å². The van der Waals surface area contributed by atoms with Gasteiger partial charge < -0.3 is 16.0 Å². The lowest BCUT2D eigenvalue weighted by atomic mass is 10.0. The first-order valence-electron chi connectivity index (χ1n) is 6.19. The summed E-state index contributed by atoms with van der Waals surface area (Å²) in [6, 6.07) is 5.59. The number of halogens is 1. The molecule has 0 aliphatic carbocycles. The number of amides is 2. The van der Waals surface area contributed by atoms with Crippen molar-refractivity contribution in [2.45, 2.75) is 19.4 Å². The van der Waals surface area contributed by atoms with Crippen LogP contribution in [0.25, 0.3) is 0 Å². The number of hydrogen-bond donors (Lipinski definition) is 3. The largest absolute Gasteiger partial charge is 0.335 e. The van der Waals surface area contributed by atoms with Crippen molar-refractivity contribution in [2.24, 2.45) is 5.92 Å². The Bertz CT molecular complexity index is 401. The van der Waals surface area contributed by atoms with Gasteiger partial charge in [-0.05, 0) is 56.6 Å². The van der Waals surface area contributed by atoms with Crippen molar-refractivity contribution < 1.29 is 9.18 Å². The maximum absolute atomic E-state index is 12.7. The first-order chi connectivity index (χ1) is 8.65. The smallest absolute Gasteiger partial charge is 0.319 e. The van der Waals surface area contributed by atoms with Gasteiger partial charge in [0.05, 0.1) is 0 Å². The number of carbonyl (C=O) groups is 1. The van der Waals surface area contributed by atoms with E-state index in [9.17, 15) is 9.18 Å². The van der Waals surface area contributed by atoms with Gasteiger partial charge in [0.25, 0.3) is 0 Å². The molecule has 3 N–H and O–H groups in total. The molecule has 4 nitrogen and oxygen atoms in total. The third-order valence-corrected chi connectivity index (χ3v) is 3.27. The normalized spacial score (nSPS) is 20.4. The highest BCUT2D eigenvalue weighted by Gasteiger charge is 2.22. The molecule has 1 aliphatic heterocycles. The standard InChI is InChI=1S/C13H18FN3O/c1-9(10-6-7-15-8-10)16-13(18)17-12-4-2-11(14)3-5-12/h2-5,9-10,15H,6-8H2,1H3,(H2,16,17,18). The van der Waals surface area contributed by atoms with Gasteiger partial charge in [-0.1, -0.05) is 0 Å². The number of carbonyl (C=O) groups excluding carboxylic acids is 1. The second-order valence-electron chi connectivity index (χ2n) is 4.65. The van der Waals surface area contributed by atoms with E-state index in [-0.39, 0.29) is 17.9 Å². The Kier molecular flexibility index (Phi) is 4.15.